The van der Waals surface area contributed by atoms with Gasteiger partial charge >= 0.3 is 5.69 Å². The van der Waals surface area contributed by atoms with E-state index < -0.39 is 11.7 Å². The summed E-state index contributed by atoms with van der Waals surface area (Å²) < 4.78 is 10.2. The molecular weight excluding hydrogens is 468 g/mol. The van der Waals surface area contributed by atoms with Crippen molar-refractivity contribution in [1.29, 1.82) is 0 Å². The summed E-state index contributed by atoms with van der Waals surface area (Å²) in [5, 5.41) is 15.0. The van der Waals surface area contributed by atoms with E-state index in [1.54, 1.807) is 32.4 Å². The summed E-state index contributed by atoms with van der Waals surface area (Å²) in [6.45, 7) is 2.01. The lowest BCUT2D eigenvalue weighted by atomic mass is 9.98. The first kappa shape index (κ1) is 22.7. The largest absolute Gasteiger partial charge is 0.508 e. The number of aryl methyl sites for hydroxylation is 2. The van der Waals surface area contributed by atoms with E-state index >= 15 is 0 Å². The molecule has 2 N–H and O–H groups in total. The molecule has 186 valence electrons. The number of aromatic hydroxyl groups is 1. The molecule has 1 aliphatic heterocycles. The number of fused-ring (bicyclic) bond motifs is 5. The van der Waals surface area contributed by atoms with E-state index in [0.29, 0.717) is 33.6 Å². The first-order valence-corrected chi connectivity index (χ1v) is 12.0. The van der Waals surface area contributed by atoms with Crippen molar-refractivity contribution >= 4 is 16.6 Å². The molecule has 37 heavy (non-hydrogen) atoms. The fourth-order valence-corrected chi connectivity index (χ4v) is 5.44. The Balaban J connectivity index is 1.88. The molecule has 0 fully saturated rings. The Kier molecular flexibility index (Phi) is 5.01. The molecule has 3 aromatic carbocycles. The monoisotopic (exact) mass is 494 g/mol. The molecule has 0 radical (unpaired) electrons. The minimum absolute atomic E-state index is 0.0739. The van der Waals surface area contributed by atoms with Gasteiger partial charge in [0, 0.05) is 25.2 Å². The highest BCUT2D eigenvalue weighted by Gasteiger charge is 2.36. The second kappa shape index (κ2) is 8.16. The quantitative estimate of drug-likeness (QED) is 0.392. The Morgan fingerprint density at radius 2 is 1.68 bits per heavy atom. The summed E-state index contributed by atoms with van der Waals surface area (Å²) in [5.41, 5.74) is 5.25. The molecule has 0 aliphatic carbocycles. The molecule has 0 amide bonds. The number of methoxy groups -OCH3 is 1. The summed E-state index contributed by atoms with van der Waals surface area (Å²) in [5.74, 6) is 0.657. The van der Waals surface area contributed by atoms with Crippen LogP contribution in [0.2, 0.25) is 0 Å². The van der Waals surface area contributed by atoms with Crippen LogP contribution in [-0.4, -0.2) is 25.9 Å². The molecule has 1 atom stereocenters. The van der Waals surface area contributed by atoms with E-state index in [1.165, 1.54) is 11.6 Å². The Bertz CT molecular complexity index is 1840. The Morgan fingerprint density at radius 3 is 2.43 bits per heavy atom. The third kappa shape index (κ3) is 3.15. The maximum absolute atomic E-state index is 13.8. The standard InChI is InChI=1S/C29H26N4O4/c1-16-9-5-6-10-18(16)25-23-26(31(2)29(36)32(3)28(23)35)27-24(19-15-17(37-4)13-14-22(19)34)30-20-11-7-8-12-21(20)33(25)27/h5-15,24,30,34H,1-4H3/t24-/m0/s1. The van der Waals surface area contributed by atoms with Gasteiger partial charge in [-0.25, -0.2) is 4.79 Å². The van der Waals surface area contributed by atoms with Crippen molar-refractivity contribution < 1.29 is 9.84 Å². The number of anilines is 1. The summed E-state index contributed by atoms with van der Waals surface area (Å²) in [4.78, 5) is 27.0. The molecule has 0 saturated carbocycles. The summed E-state index contributed by atoms with van der Waals surface area (Å²) in [7, 11) is 4.75. The summed E-state index contributed by atoms with van der Waals surface area (Å²) in [6.07, 6.45) is 0. The Hall–Kier alpha value is -4.72. The zero-order valence-corrected chi connectivity index (χ0v) is 20.9. The van der Waals surface area contributed by atoms with Gasteiger partial charge in [-0.1, -0.05) is 36.4 Å². The summed E-state index contributed by atoms with van der Waals surface area (Å²) in [6, 6.07) is 20.2. The van der Waals surface area contributed by atoms with Gasteiger partial charge in [0.1, 0.15) is 11.5 Å². The lowest BCUT2D eigenvalue weighted by molar-refractivity contribution is 0.410. The third-order valence-corrected chi connectivity index (χ3v) is 7.27. The molecule has 1 aliphatic rings. The molecule has 0 saturated heterocycles. The SMILES string of the molecule is COc1ccc(O)c([C@@H]2Nc3ccccc3-n3c(-c4ccccc4C)c4c(=O)n(C)c(=O)n(C)c4c32)c1. The molecule has 6 rings (SSSR count). The number of hydrogen-bond acceptors (Lipinski definition) is 5. The van der Waals surface area contributed by atoms with Crippen LogP contribution in [0, 0.1) is 6.92 Å². The average Bonchev–Trinajstić information content (AvgIpc) is 3.27. The van der Waals surface area contributed by atoms with Crippen molar-refractivity contribution in [3.05, 3.63) is 104 Å². The van der Waals surface area contributed by atoms with Gasteiger partial charge in [-0.05, 0) is 42.8 Å². The van der Waals surface area contributed by atoms with Crippen LogP contribution >= 0.6 is 0 Å². The average molecular weight is 495 g/mol. The zero-order valence-electron chi connectivity index (χ0n) is 20.9. The lowest BCUT2D eigenvalue weighted by Gasteiger charge is -2.31. The van der Waals surface area contributed by atoms with Crippen molar-refractivity contribution in [2.75, 3.05) is 12.4 Å². The Morgan fingerprint density at radius 1 is 0.946 bits per heavy atom. The van der Waals surface area contributed by atoms with Gasteiger partial charge < -0.3 is 19.7 Å². The van der Waals surface area contributed by atoms with Gasteiger partial charge in [0.25, 0.3) is 5.56 Å². The Labute approximate surface area is 212 Å². The maximum Gasteiger partial charge on any atom is 0.331 e. The molecule has 8 nitrogen and oxygen atoms in total. The lowest BCUT2D eigenvalue weighted by Crippen LogP contribution is -2.37. The van der Waals surface area contributed by atoms with Crippen LogP contribution in [0.5, 0.6) is 11.5 Å². The second-order valence-corrected chi connectivity index (χ2v) is 9.33. The van der Waals surface area contributed by atoms with Crippen LogP contribution in [0.4, 0.5) is 5.69 Å². The number of para-hydroxylation sites is 2. The predicted octanol–water partition coefficient (Wildman–Crippen LogP) is 4.23. The van der Waals surface area contributed by atoms with Gasteiger partial charge in [-0.15, -0.1) is 0 Å². The van der Waals surface area contributed by atoms with E-state index in [-0.39, 0.29) is 11.3 Å². The number of nitrogens with zero attached hydrogens (tertiary/aromatic N) is 3. The molecule has 8 heteroatoms. The normalized spacial score (nSPS) is 14.2. The van der Waals surface area contributed by atoms with Crippen molar-refractivity contribution in [2.45, 2.75) is 13.0 Å². The zero-order chi connectivity index (χ0) is 26.0. The minimum atomic E-state index is -0.581. The number of aromatic nitrogens is 3. The summed E-state index contributed by atoms with van der Waals surface area (Å²) >= 11 is 0. The number of rotatable bonds is 3. The molecule has 5 aromatic rings. The second-order valence-electron chi connectivity index (χ2n) is 9.33. The number of hydrogen-bond donors (Lipinski definition) is 2. The predicted molar refractivity (Wildman–Crippen MR) is 144 cm³/mol. The van der Waals surface area contributed by atoms with Gasteiger partial charge in [-0.3, -0.25) is 13.9 Å². The number of phenols is 1. The van der Waals surface area contributed by atoms with Crippen LogP contribution in [0.3, 0.4) is 0 Å². The minimum Gasteiger partial charge on any atom is -0.508 e. The van der Waals surface area contributed by atoms with E-state index in [2.05, 4.69) is 9.88 Å². The van der Waals surface area contributed by atoms with Crippen molar-refractivity contribution in [2.24, 2.45) is 14.1 Å². The first-order valence-electron chi connectivity index (χ1n) is 12.0. The molecular formula is C29H26N4O4. The first-order chi connectivity index (χ1) is 17.8. The number of phenolic OH excluding ortho intramolecular Hbond substituents is 1. The number of nitrogens with one attached hydrogen (secondary N) is 1. The molecule has 0 spiro atoms. The molecule has 2 aromatic heterocycles. The van der Waals surface area contributed by atoms with Crippen LogP contribution in [0.1, 0.15) is 22.9 Å². The fraction of sp³-hybridized carbons (Fsp3) is 0.172. The van der Waals surface area contributed by atoms with Gasteiger partial charge in [0.05, 0.1) is 46.8 Å². The fourth-order valence-electron chi connectivity index (χ4n) is 5.44. The van der Waals surface area contributed by atoms with Gasteiger partial charge in [0.2, 0.25) is 0 Å². The molecule has 0 unspecified atom stereocenters. The highest BCUT2D eigenvalue weighted by Crippen LogP contribution is 2.47. The van der Waals surface area contributed by atoms with Crippen LogP contribution in [-0.2, 0) is 14.1 Å². The van der Waals surface area contributed by atoms with Crippen molar-refractivity contribution in [3.8, 4) is 28.4 Å². The van der Waals surface area contributed by atoms with Gasteiger partial charge in [-0.2, -0.15) is 0 Å². The highest BCUT2D eigenvalue weighted by atomic mass is 16.5. The van der Waals surface area contributed by atoms with Crippen LogP contribution < -0.4 is 21.3 Å². The topological polar surface area (TPSA) is 90.4 Å². The highest BCUT2D eigenvalue weighted by molar-refractivity contribution is 6.00. The van der Waals surface area contributed by atoms with Crippen molar-refractivity contribution in [3.63, 3.8) is 0 Å². The smallest absolute Gasteiger partial charge is 0.331 e. The van der Waals surface area contributed by atoms with E-state index in [1.807, 2.05) is 55.5 Å². The third-order valence-electron chi connectivity index (χ3n) is 7.27. The van der Waals surface area contributed by atoms with Crippen LogP contribution in [0.15, 0.2) is 76.3 Å². The molecule has 0 bridgehead atoms. The van der Waals surface area contributed by atoms with E-state index in [4.69, 9.17) is 4.74 Å². The van der Waals surface area contributed by atoms with E-state index in [9.17, 15) is 14.7 Å². The molecule has 3 heterocycles. The van der Waals surface area contributed by atoms with Crippen LogP contribution in [0.25, 0.3) is 27.8 Å². The van der Waals surface area contributed by atoms with Crippen molar-refractivity contribution in [1.82, 2.24) is 13.7 Å². The van der Waals surface area contributed by atoms with Gasteiger partial charge in [0.15, 0.2) is 0 Å². The van der Waals surface area contributed by atoms with E-state index in [0.717, 1.165) is 27.1 Å². The maximum atomic E-state index is 13.8. The number of ether oxygens (including phenoxy) is 1. The number of benzene rings is 3.